The fourth-order valence-electron chi connectivity index (χ4n) is 2.50. The quantitative estimate of drug-likeness (QED) is 0.794. The second-order valence-corrected chi connectivity index (χ2v) is 4.75. The number of hydrogen-bond donors (Lipinski definition) is 1. The summed E-state index contributed by atoms with van der Waals surface area (Å²) in [7, 11) is 3.20. The Morgan fingerprint density at radius 1 is 1.00 bits per heavy atom. The summed E-state index contributed by atoms with van der Waals surface area (Å²) in [6.45, 7) is 6.57. The fraction of sp³-hybridized carbons (Fsp3) is 0.625. The Kier molecular flexibility index (Phi) is 6.30. The van der Waals surface area contributed by atoms with Crippen LogP contribution in [-0.2, 0) is 4.74 Å². The van der Waals surface area contributed by atoms with Crippen LogP contribution in [0.3, 0.4) is 0 Å². The van der Waals surface area contributed by atoms with Gasteiger partial charge >= 0.3 is 0 Å². The molecular formula is C16H26O4. The Morgan fingerprint density at radius 2 is 1.50 bits per heavy atom. The van der Waals surface area contributed by atoms with Crippen LogP contribution in [0.15, 0.2) is 18.2 Å². The zero-order valence-corrected chi connectivity index (χ0v) is 13.1. The Morgan fingerprint density at radius 3 is 1.85 bits per heavy atom. The van der Waals surface area contributed by atoms with Gasteiger partial charge in [-0.2, -0.15) is 0 Å². The lowest BCUT2D eigenvalue weighted by atomic mass is 9.86. The first-order valence-electron chi connectivity index (χ1n) is 7.11. The van der Waals surface area contributed by atoms with E-state index in [9.17, 15) is 5.11 Å². The maximum Gasteiger partial charge on any atom is 0.122 e. The molecule has 1 atom stereocenters. The van der Waals surface area contributed by atoms with E-state index in [0.29, 0.717) is 18.1 Å². The van der Waals surface area contributed by atoms with Gasteiger partial charge in [0, 0.05) is 12.7 Å². The third-order valence-corrected chi connectivity index (χ3v) is 3.82. The molecular weight excluding hydrogens is 256 g/mol. The van der Waals surface area contributed by atoms with Gasteiger partial charge in [-0.05, 0) is 37.5 Å². The summed E-state index contributed by atoms with van der Waals surface area (Å²) < 4.78 is 16.4. The van der Waals surface area contributed by atoms with E-state index in [0.717, 1.165) is 18.4 Å². The average molecular weight is 282 g/mol. The van der Waals surface area contributed by atoms with E-state index in [1.54, 1.807) is 20.3 Å². The molecule has 1 rings (SSSR count). The zero-order chi connectivity index (χ0) is 15.2. The van der Waals surface area contributed by atoms with E-state index >= 15 is 0 Å². The molecule has 0 aliphatic carbocycles. The summed E-state index contributed by atoms with van der Waals surface area (Å²) in [5, 5.41) is 10.8. The lowest BCUT2D eigenvalue weighted by molar-refractivity contribution is -0.127. The van der Waals surface area contributed by atoms with Crippen molar-refractivity contribution in [2.45, 2.75) is 45.3 Å². The van der Waals surface area contributed by atoms with Crippen LogP contribution in [0.1, 0.15) is 45.3 Å². The first-order chi connectivity index (χ1) is 9.56. The van der Waals surface area contributed by atoms with Crippen LogP contribution in [0.4, 0.5) is 0 Å². The van der Waals surface area contributed by atoms with E-state index in [4.69, 9.17) is 14.2 Å². The lowest BCUT2D eigenvalue weighted by Gasteiger charge is -2.36. The molecule has 1 aromatic carbocycles. The van der Waals surface area contributed by atoms with Crippen LogP contribution in [0.5, 0.6) is 11.5 Å². The molecule has 0 bridgehead atoms. The number of aliphatic hydroxyl groups is 1. The Balaban J connectivity index is 3.19. The Bertz CT molecular complexity index is 391. The number of aliphatic hydroxyl groups excluding tert-OH is 1. The standard InChI is InChI=1S/C16H26O4/c1-6-16(7-2,20-8-3)15(17)12-9-13(18-4)11-14(10-12)19-5/h9-11,15,17H,6-8H2,1-5H3. The Labute approximate surface area is 121 Å². The minimum absolute atomic E-state index is 0.569. The number of benzene rings is 1. The number of methoxy groups -OCH3 is 2. The molecule has 0 aliphatic rings. The van der Waals surface area contributed by atoms with E-state index in [-0.39, 0.29) is 0 Å². The first kappa shape index (κ1) is 16.8. The Hall–Kier alpha value is -1.26. The summed E-state index contributed by atoms with van der Waals surface area (Å²) in [6, 6.07) is 5.44. The van der Waals surface area contributed by atoms with E-state index in [2.05, 4.69) is 0 Å². The van der Waals surface area contributed by atoms with Crippen molar-refractivity contribution >= 4 is 0 Å². The van der Waals surface area contributed by atoms with Crippen LogP contribution in [-0.4, -0.2) is 31.5 Å². The van der Waals surface area contributed by atoms with Gasteiger partial charge in [-0.1, -0.05) is 13.8 Å². The van der Waals surface area contributed by atoms with Gasteiger partial charge < -0.3 is 19.3 Å². The molecule has 114 valence electrons. The van der Waals surface area contributed by atoms with Gasteiger partial charge in [0.15, 0.2) is 0 Å². The molecule has 1 aromatic rings. The van der Waals surface area contributed by atoms with Crippen LogP contribution < -0.4 is 9.47 Å². The molecule has 0 fully saturated rings. The number of rotatable bonds is 8. The molecule has 20 heavy (non-hydrogen) atoms. The summed E-state index contributed by atoms with van der Waals surface area (Å²) in [5.41, 5.74) is 0.171. The highest BCUT2D eigenvalue weighted by molar-refractivity contribution is 5.40. The van der Waals surface area contributed by atoms with E-state index in [1.807, 2.05) is 32.9 Å². The third kappa shape index (κ3) is 3.44. The predicted octanol–water partition coefficient (Wildman–Crippen LogP) is 3.33. The van der Waals surface area contributed by atoms with Crippen molar-refractivity contribution in [1.82, 2.24) is 0 Å². The molecule has 0 amide bonds. The van der Waals surface area contributed by atoms with Gasteiger partial charge in [-0.15, -0.1) is 0 Å². The summed E-state index contributed by atoms with van der Waals surface area (Å²) >= 11 is 0. The molecule has 4 nitrogen and oxygen atoms in total. The van der Waals surface area contributed by atoms with Crippen LogP contribution >= 0.6 is 0 Å². The van der Waals surface area contributed by atoms with Crippen molar-refractivity contribution in [3.8, 4) is 11.5 Å². The first-order valence-corrected chi connectivity index (χ1v) is 7.11. The SMILES string of the molecule is CCOC(CC)(CC)C(O)c1cc(OC)cc(OC)c1. The van der Waals surface area contributed by atoms with Gasteiger partial charge in [0.25, 0.3) is 0 Å². The lowest BCUT2D eigenvalue weighted by Crippen LogP contribution is -2.38. The van der Waals surface area contributed by atoms with Crippen molar-refractivity contribution in [3.63, 3.8) is 0 Å². The average Bonchev–Trinajstić information content (AvgIpc) is 2.51. The van der Waals surface area contributed by atoms with Gasteiger partial charge in [0.1, 0.15) is 17.6 Å². The molecule has 0 aliphatic heterocycles. The smallest absolute Gasteiger partial charge is 0.122 e. The molecule has 0 aromatic heterocycles. The number of hydrogen-bond acceptors (Lipinski definition) is 4. The topological polar surface area (TPSA) is 47.9 Å². The van der Waals surface area contributed by atoms with Crippen molar-refractivity contribution in [2.24, 2.45) is 0 Å². The highest BCUT2D eigenvalue weighted by Crippen LogP contribution is 2.38. The monoisotopic (exact) mass is 282 g/mol. The predicted molar refractivity (Wildman–Crippen MR) is 79.4 cm³/mol. The molecule has 0 radical (unpaired) electrons. The third-order valence-electron chi connectivity index (χ3n) is 3.82. The molecule has 0 saturated heterocycles. The number of ether oxygens (including phenoxy) is 3. The largest absolute Gasteiger partial charge is 0.497 e. The molecule has 0 spiro atoms. The van der Waals surface area contributed by atoms with Gasteiger partial charge in [0.05, 0.1) is 19.8 Å². The van der Waals surface area contributed by atoms with Crippen molar-refractivity contribution in [1.29, 1.82) is 0 Å². The molecule has 1 unspecified atom stereocenters. The van der Waals surface area contributed by atoms with Gasteiger partial charge in [-0.25, -0.2) is 0 Å². The molecule has 4 heteroatoms. The molecule has 1 N–H and O–H groups in total. The van der Waals surface area contributed by atoms with E-state index < -0.39 is 11.7 Å². The van der Waals surface area contributed by atoms with Crippen molar-refractivity contribution in [2.75, 3.05) is 20.8 Å². The summed E-state index contributed by atoms with van der Waals surface area (Å²) in [5.74, 6) is 1.33. The van der Waals surface area contributed by atoms with Gasteiger partial charge in [-0.3, -0.25) is 0 Å². The maximum absolute atomic E-state index is 10.8. The van der Waals surface area contributed by atoms with E-state index in [1.165, 1.54) is 0 Å². The van der Waals surface area contributed by atoms with Crippen LogP contribution in [0.25, 0.3) is 0 Å². The highest BCUT2D eigenvalue weighted by Gasteiger charge is 2.36. The van der Waals surface area contributed by atoms with Crippen molar-refractivity contribution < 1.29 is 19.3 Å². The second-order valence-electron chi connectivity index (χ2n) is 4.75. The zero-order valence-electron chi connectivity index (χ0n) is 13.1. The van der Waals surface area contributed by atoms with Gasteiger partial charge in [0.2, 0.25) is 0 Å². The van der Waals surface area contributed by atoms with Crippen LogP contribution in [0, 0.1) is 0 Å². The van der Waals surface area contributed by atoms with Crippen LogP contribution in [0.2, 0.25) is 0 Å². The maximum atomic E-state index is 10.8. The van der Waals surface area contributed by atoms with Crippen molar-refractivity contribution in [3.05, 3.63) is 23.8 Å². The highest BCUT2D eigenvalue weighted by atomic mass is 16.5. The minimum atomic E-state index is -0.721. The normalized spacial score (nSPS) is 13.1. The summed E-state index contributed by atoms with van der Waals surface area (Å²) in [6.07, 6.45) is 0.747. The second kappa shape index (κ2) is 7.50. The summed E-state index contributed by atoms with van der Waals surface area (Å²) in [4.78, 5) is 0. The molecule has 0 saturated carbocycles. The fourth-order valence-corrected chi connectivity index (χ4v) is 2.50. The minimum Gasteiger partial charge on any atom is -0.497 e. The molecule has 0 heterocycles.